The molecule has 5 nitrogen and oxygen atoms in total. The number of rotatable bonds is 5. The van der Waals surface area contributed by atoms with Gasteiger partial charge in [0.25, 0.3) is 0 Å². The summed E-state index contributed by atoms with van der Waals surface area (Å²) < 4.78 is 1.76. The Bertz CT molecular complexity index is 381. The van der Waals surface area contributed by atoms with Crippen molar-refractivity contribution in [3.05, 3.63) is 0 Å². The van der Waals surface area contributed by atoms with Crippen LogP contribution >= 0.6 is 11.8 Å². The molecule has 0 amide bonds. The number of ketones is 1. The van der Waals surface area contributed by atoms with Crippen LogP contribution in [0.1, 0.15) is 34.6 Å². The molecule has 0 aliphatic carbocycles. The third kappa shape index (κ3) is 4.46. The zero-order chi connectivity index (χ0) is 13.1. The van der Waals surface area contributed by atoms with E-state index < -0.39 is 0 Å². The molecule has 0 aliphatic heterocycles. The summed E-state index contributed by atoms with van der Waals surface area (Å²) in [4.78, 5) is 11.8. The van der Waals surface area contributed by atoms with Crippen LogP contribution in [0.25, 0.3) is 0 Å². The molecule has 0 saturated heterocycles. The maximum absolute atomic E-state index is 11.8. The van der Waals surface area contributed by atoms with Gasteiger partial charge in [0.15, 0.2) is 0 Å². The molecule has 0 bridgehead atoms. The Morgan fingerprint density at radius 1 is 1.41 bits per heavy atom. The maximum Gasteiger partial charge on any atom is 0.209 e. The van der Waals surface area contributed by atoms with E-state index >= 15 is 0 Å². The Hall–Kier alpha value is -0.910. The number of carbonyl (C=O) groups excluding carboxylic acids is 1. The van der Waals surface area contributed by atoms with Gasteiger partial charge >= 0.3 is 0 Å². The minimum absolute atomic E-state index is 0.210. The van der Waals surface area contributed by atoms with Gasteiger partial charge in [-0.3, -0.25) is 4.79 Å². The third-order valence-corrected chi connectivity index (χ3v) is 3.16. The van der Waals surface area contributed by atoms with E-state index in [4.69, 9.17) is 0 Å². The molecular weight excluding hydrogens is 236 g/mol. The predicted octanol–water partition coefficient (Wildman–Crippen LogP) is 2.04. The molecule has 0 spiro atoms. The summed E-state index contributed by atoms with van der Waals surface area (Å²) >= 11 is 1.41. The summed E-state index contributed by atoms with van der Waals surface area (Å²) in [6, 6.07) is 0. The van der Waals surface area contributed by atoms with Crippen molar-refractivity contribution in [3.8, 4) is 0 Å². The molecule has 1 rings (SSSR count). The molecule has 0 radical (unpaired) electrons. The standard InChI is InChI=1S/C11H20N4OS/c1-8(2)6-15-10(12-13-14-15)17-7-9(16)11(3,4)5/h8H,6-7H2,1-5H3. The van der Waals surface area contributed by atoms with Crippen LogP contribution in [0.15, 0.2) is 5.16 Å². The zero-order valence-corrected chi connectivity index (χ0v) is 11.9. The molecule has 0 N–H and O–H groups in total. The fourth-order valence-corrected chi connectivity index (χ4v) is 2.15. The van der Waals surface area contributed by atoms with Crippen molar-refractivity contribution in [1.29, 1.82) is 0 Å². The van der Waals surface area contributed by atoms with Crippen molar-refractivity contribution in [2.75, 3.05) is 5.75 Å². The maximum atomic E-state index is 11.8. The number of hydrogen-bond donors (Lipinski definition) is 0. The molecule has 0 saturated carbocycles. The first-order chi connectivity index (χ1) is 7.80. The minimum Gasteiger partial charge on any atom is -0.298 e. The number of nitrogens with zero attached hydrogens (tertiary/aromatic N) is 4. The lowest BCUT2D eigenvalue weighted by Crippen LogP contribution is -2.22. The third-order valence-electron chi connectivity index (χ3n) is 2.21. The number of hydrogen-bond acceptors (Lipinski definition) is 5. The average Bonchev–Trinajstić information content (AvgIpc) is 2.59. The Balaban J connectivity index is 2.58. The Morgan fingerprint density at radius 2 is 2.06 bits per heavy atom. The van der Waals surface area contributed by atoms with Gasteiger partial charge in [0, 0.05) is 12.0 Å². The van der Waals surface area contributed by atoms with E-state index in [1.807, 2.05) is 20.8 Å². The number of aromatic nitrogens is 4. The Labute approximate surface area is 106 Å². The van der Waals surface area contributed by atoms with Crippen LogP contribution in [0.4, 0.5) is 0 Å². The van der Waals surface area contributed by atoms with Crippen LogP contribution in [-0.4, -0.2) is 31.7 Å². The molecule has 1 aromatic rings. The average molecular weight is 256 g/mol. The summed E-state index contributed by atoms with van der Waals surface area (Å²) in [5.74, 6) is 1.11. The van der Waals surface area contributed by atoms with Gasteiger partial charge in [-0.15, -0.1) is 5.10 Å². The number of carbonyl (C=O) groups is 1. The van der Waals surface area contributed by atoms with E-state index in [2.05, 4.69) is 29.4 Å². The highest BCUT2D eigenvalue weighted by Gasteiger charge is 2.22. The molecule has 1 heterocycles. The van der Waals surface area contributed by atoms with Crippen LogP contribution in [0.5, 0.6) is 0 Å². The first kappa shape index (κ1) is 14.2. The van der Waals surface area contributed by atoms with Crippen LogP contribution in [0.3, 0.4) is 0 Å². The second kappa shape index (κ2) is 5.62. The Kier molecular flexibility index (Phi) is 4.68. The fourth-order valence-electron chi connectivity index (χ4n) is 1.11. The van der Waals surface area contributed by atoms with Gasteiger partial charge in [0.2, 0.25) is 5.16 Å². The van der Waals surface area contributed by atoms with Gasteiger partial charge in [-0.25, -0.2) is 4.68 Å². The van der Waals surface area contributed by atoms with Gasteiger partial charge < -0.3 is 0 Å². The van der Waals surface area contributed by atoms with Crippen LogP contribution in [0, 0.1) is 11.3 Å². The minimum atomic E-state index is -0.302. The van der Waals surface area contributed by atoms with E-state index in [1.54, 1.807) is 4.68 Å². The lowest BCUT2D eigenvalue weighted by atomic mass is 9.92. The molecule has 6 heteroatoms. The normalized spacial score (nSPS) is 12.1. The van der Waals surface area contributed by atoms with Crippen LogP contribution in [0.2, 0.25) is 0 Å². The highest BCUT2D eigenvalue weighted by atomic mass is 32.2. The summed E-state index contributed by atoms with van der Waals surface area (Å²) in [5.41, 5.74) is -0.302. The summed E-state index contributed by atoms with van der Waals surface area (Å²) in [6.45, 7) is 10.8. The molecule has 0 aliphatic rings. The van der Waals surface area contributed by atoms with E-state index in [9.17, 15) is 4.79 Å². The van der Waals surface area contributed by atoms with Crippen molar-refractivity contribution in [3.63, 3.8) is 0 Å². The van der Waals surface area contributed by atoms with Crippen LogP contribution in [-0.2, 0) is 11.3 Å². The van der Waals surface area contributed by atoms with Crippen molar-refractivity contribution in [2.45, 2.75) is 46.3 Å². The highest BCUT2D eigenvalue weighted by molar-refractivity contribution is 7.99. The smallest absolute Gasteiger partial charge is 0.209 e. The van der Waals surface area contributed by atoms with E-state index in [-0.39, 0.29) is 11.2 Å². The lowest BCUT2D eigenvalue weighted by molar-refractivity contribution is -0.123. The number of thioether (sulfide) groups is 1. The van der Waals surface area contributed by atoms with Gasteiger partial charge in [0.1, 0.15) is 5.78 Å². The van der Waals surface area contributed by atoms with E-state index in [1.165, 1.54) is 11.8 Å². The van der Waals surface area contributed by atoms with E-state index in [0.29, 0.717) is 11.7 Å². The molecule has 0 unspecified atom stereocenters. The zero-order valence-electron chi connectivity index (χ0n) is 11.1. The van der Waals surface area contributed by atoms with E-state index in [0.717, 1.165) is 11.7 Å². The molecule has 0 aromatic carbocycles. The lowest BCUT2D eigenvalue weighted by Gasteiger charge is -2.15. The predicted molar refractivity (Wildman–Crippen MR) is 67.8 cm³/mol. The first-order valence-corrected chi connectivity index (χ1v) is 6.71. The molecule has 96 valence electrons. The molecule has 0 atom stereocenters. The molecule has 1 aromatic heterocycles. The van der Waals surface area contributed by atoms with Crippen molar-refractivity contribution < 1.29 is 4.79 Å². The van der Waals surface area contributed by atoms with Gasteiger partial charge in [0.05, 0.1) is 5.75 Å². The highest BCUT2D eigenvalue weighted by Crippen LogP contribution is 2.21. The topological polar surface area (TPSA) is 60.7 Å². The summed E-state index contributed by atoms with van der Waals surface area (Å²) in [5, 5.41) is 12.2. The molecule has 0 fully saturated rings. The second-order valence-corrected chi connectivity index (χ2v) is 6.44. The SMILES string of the molecule is CC(C)Cn1nnnc1SCC(=O)C(C)(C)C. The summed E-state index contributed by atoms with van der Waals surface area (Å²) in [6.07, 6.45) is 0. The largest absolute Gasteiger partial charge is 0.298 e. The summed E-state index contributed by atoms with van der Waals surface area (Å²) in [7, 11) is 0. The van der Waals surface area contributed by atoms with Gasteiger partial charge in [-0.2, -0.15) is 0 Å². The van der Waals surface area contributed by atoms with Gasteiger partial charge in [-0.1, -0.05) is 46.4 Å². The van der Waals surface area contributed by atoms with Crippen molar-refractivity contribution in [2.24, 2.45) is 11.3 Å². The Morgan fingerprint density at radius 3 is 2.59 bits per heavy atom. The van der Waals surface area contributed by atoms with Crippen LogP contribution < -0.4 is 0 Å². The fraction of sp³-hybridized carbons (Fsp3) is 0.818. The molecule has 17 heavy (non-hydrogen) atoms. The quantitative estimate of drug-likeness (QED) is 0.754. The van der Waals surface area contributed by atoms with Gasteiger partial charge in [-0.05, 0) is 16.3 Å². The van der Waals surface area contributed by atoms with Crippen molar-refractivity contribution in [1.82, 2.24) is 20.2 Å². The first-order valence-electron chi connectivity index (χ1n) is 5.73. The van der Waals surface area contributed by atoms with Crippen molar-refractivity contribution >= 4 is 17.5 Å². The monoisotopic (exact) mass is 256 g/mol. The second-order valence-electron chi connectivity index (χ2n) is 5.50. The molecular formula is C11H20N4OS. The number of tetrazole rings is 1. The number of Topliss-reactive ketones (excluding diaryl/α,β-unsaturated/α-hetero) is 1.